The van der Waals surface area contributed by atoms with Gasteiger partial charge in [-0.1, -0.05) is 84.4 Å². The summed E-state index contributed by atoms with van der Waals surface area (Å²) in [6, 6.07) is 27.6. The van der Waals surface area contributed by atoms with E-state index in [1.807, 2.05) is 84.9 Å². The molecule has 2 heterocycles. The molecule has 3 aromatic carbocycles. The Morgan fingerprint density at radius 3 is 2.03 bits per heavy atom. The van der Waals surface area contributed by atoms with Crippen LogP contribution in [0, 0.1) is 0 Å². The van der Waals surface area contributed by atoms with Gasteiger partial charge in [0, 0.05) is 0 Å². The lowest BCUT2D eigenvalue weighted by Crippen LogP contribution is -2.50. The lowest BCUT2D eigenvalue weighted by atomic mass is 9.76. The minimum Gasteiger partial charge on any atom is -0.497 e. The Hall–Kier alpha value is -4.27. The summed E-state index contributed by atoms with van der Waals surface area (Å²) in [5, 5.41) is 3.82. The van der Waals surface area contributed by atoms with Crippen molar-refractivity contribution < 1.29 is 14.3 Å². The lowest BCUT2D eigenvalue weighted by Gasteiger charge is -2.39. The number of carbonyl (C=O) groups is 1. The molecular formula is C28H24ClN5O3. The first-order valence-corrected chi connectivity index (χ1v) is 11.9. The van der Waals surface area contributed by atoms with Crippen LogP contribution in [0.25, 0.3) is 11.2 Å². The Balaban J connectivity index is 1.78. The highest BCUT2D eigenvalue weighted by Crippen LogP contribution is 2.39. The second-order valence-electron chi connectivity index (χ2n) is 8.27. The number of rotatable bonds is 8. The molecule has 0 saturated carbocycles. The van der Waals surface area contributed by atoms with E-state index in [9.17, 15) is 4.79 Å². The SMILES string of the molecule is COC(=O)C(NC(c1ccccc1)(c1ccccc1)c1ccc(OC)cc1)n1cnc2c(Cl)ncnc21. The van der Waals surface area contributed by atoms with Crippen LogP contribution in [-0.4, -0.2) is 39.7 Å². The molecule has 1 N–H and O–H groups in total. The van der Waals surface area contributed by atoms with E-state index in [1.54, 1.807) is 11.7 Å². The number of halogens is 1. The molecule has 0 bridgehead atoms. The Morgan fingerprint density at radius 2 is 1.46 bits per heavy atom. The zero-order valence-corrected chi connectivity index (χ0v) is 21.0. The maximum absolute atomic E-state index is 13.4. The summed E-state index contributed by atoms with van der Waals surface area (Å²) in [6.45, 7) is 0. The largest absolute Gasteiger partial charge is 0.497 e. The number of esters is 1. The number of nitrogens with one attached hydrogen (secondary N) is 1. The van der Waals surface area contributed by atoms with Crippen molar-refractivity contribution in [2.45, 2.75) is 11.7 Å². The average Bonchev–Trinajstić information content (AvgIpc) is 3.40. The topological polar surface area (TPSA) is 91.2 Å². The minimum absolute atomic E-state index is 0.194. The van der Waals surface area contributed by atoms with Gasteiger partial charge < -0.3 is 9.47 Å². The van der Waals surface area contributed by atoms with Crippen molar-refractivity contribution in [3.05, 3.63) is 119 Å². The van der Waals surface area contributed by atoms with Crippen molar-refractivity contribution in [3.63, 3.8) is 0 Å². The molecule has 0 radical (unpaired) electrons. The zero-order chi connectivity index (χ0) is 25.8. The Kier molecular flexibility index (Phi) is 6.85. The number of aromatic nitrogens is 4. The first-order valence-electron chi connectivity index (χ1n) is 11.5. The quantitative estimate of drug-likeness (QED) is 0.182. The van der Waals surface area contributed by atoms with E-state index >= 15 is 0 Å². The molecule has 37 heavy (non-hydrogen) atoms. The predicted octanol–water partition coefficient (Wildman–Crippen LogP) is 4.74. The monoisotopic (exact) mass is 513 g/mol. The molecule has 9 heteroatoms. The Labute approximate surface area is 218 Å². The Bertz CT molecular complexity index is 1470. The number of fused-ring (bicyclic) bond motifs is 1. The van der Waals surface area contributed by atoms with Crippen LogP contribution in [0.1, 0.15) is 22.9 Å². The summed E-state index contributed by atoms with van der Waals surface area (Å²) in [6.07, 6.45) is 1.82. The van der Waals surface area contributed by atoms with Crippen LogP contribution in [-0.2, 0) is 15.1 Å². The highest BCUT2D eigenvalue weighted by atomic mass is 35.5. The lowest BCUT2D eigenvalue weighted by molar-refractivity contribution is -0.146. The summed E-state index contributed by atoms with van der Waals surface area (Å²) >= 11 is 6.26. The number of carbonyl (C=O) groups excluding carboxylic acids is 1. The highest BCUT2D eigenvalue weighted by Gasteiger charge is 2.41. The summed E-state index contributed by atoms with van der Waals surface area (Å²) in [5.41, 5.74) is 2.51. The molecule has 8 nitrogen and oxygen atoms in total. The average molecular weight is 514 g/mol. The van der Waals surface area contributed by atoms with Crippen molar-refractivity contribution in [3.8, 4) is 5.75 Å². The van der Waals surface area contributed by atoms with Crippen LogP contribution in [0.3, 0.4) is 0 Å². The fraction of sp³-hybridized carbons (Fsp3) is 0.143. The Morgan fingerprint density at radius 1 is 0.865 bits per heavy atom. The summed E-state index contributed by atoms with van der Waals surface area (Å²) in [5.74, 6) is 0.189. The van der Waals surface area contributed by atoms with Crippen LogP contribution in [0.4, 0.5) is 0 Å². The first kappa shape index (κ1) is 24.4. The maximum Gasteiger partial charge on any atom is 0.344 e. The third kappa shape index (κ3) is 4.41. The molecular weight excluding hydrogens is 490 g/mol. The van der Waals surface area contributed by atoms with Crippen molar-refractivity contribution >= 4 is 28.7 Å². The van der Waals surface area contributed by atoms with E-state index < -0.39 is 17.7 Å². The van der Waals surface area contributed by atoms with Crippen molar-refractivity contribution in [2.24, 2.45) is 0 Å². The van der Waals surface area contributed by atoms with Gasteiger partial charge in [0.05, 0.1) is 26.1 Å². The van der Waals surface area contributed by atoms with Crippen LogP contribution in [0.15, 0.2) is 97.6 Å². The molecule has 0 spiro atoms. The van der Waals surface area contributed by atoms with Gasteiger partial charge in [0.25, 0.3) is 0 Å². The molecule has 0 aliphatic rings. The number of methoxy groups -OCH3 is 2. The number of imidazole rings is 1. The number of hydrogen-bond acceptors (Lipinski definition) is 7. The first-order chi connectivity index (χ1) is 18.1. The standard InChI is InChI=1S/C28H24ClN5O3/c1-36-22-15-13-21(14-16-22)28(19-9-5-3-6-10-19,20-11-7-4-8-12-20)33-26(27(35)37-2)34-18-32-23-24(29)30-17-31-25(23)34/h3-18,26,33H,1-2H3. The summed E-state index contributed by atoms with van der Waals surface area (Å²) in [4.78, 5) is 26.1. The number of benzene rings is 3. The second-order valence-corrected chi connectivity index (χ2v) is 8.63. The van der Waals surface area contributed by atoms with E-state index in [2.05, 4.69) is 20.3 Å². The molecule has 2 aromatic heterocycles. The number of ether oxygens (including phenoxy) is 2. The van der Waals surface area contributed by atoms with Gasteiger partial charge in [-0.05, 0) is 28.8 Å². The number of nitrogens with zero attached hydrogens (tertiary/aromatic N) is 4. The summed E-state index contributed by atoms with van der Waals surface area (Å²) < 4.78 is 12.3. The molecule has 1 atom stereocenters. The minimum atomic E-state index is -1.02. The summed E-state index contributed by atoms with van der Waals surface area (Å²) in [7, 11) is 2.97. The number of hydrogen-bond donors (Lipinski definition) is 1. The van der Waals surface area contributed by atoms with Gasteiger partial charge in [-0.15, -0.1) is 0 Å². The normalized spacial score (nSPS) is 12.3. The molecule has 186 valence electrons. The van der Waals surface area contributed by atoms with Gasteiger partial charge in [-0.2, -0.15) is 0 Å². The van der Waals surface area contributed by atoms with Crippen molar-refractivity contribution in [1.82, 2.24) is 24.8 Å². The smallest absolute Gasteiger partial charge is 0.344 e. The van der Waals surface area contributed by atoms with E-state index in [-0.39, 0.29) is 5.15 Å². The van der Waals surface area contributed by atoms with Crippen LogP contribution in [0.2, 0.25) is 5.15 Å². The molecule has 5 rings (SSSR count). The van der Waals surface area contributed by atoms with Crippen molar-refractivity contribution in [2.75, 3.05) is 14.2 Å². The van der Waals surface area contributed by atoms with Gasteiger partial charge in [-0.3, -0.25) is 9.88 Å². The zero-order valence-electron chi connectivity index (χ0n) is 20.2. The van der Waals surface area contributed by atoms with E-state index in [0.29, 0.717) is 11.2 Å². The van der Waals surface area contributed by atoms with Crippen LogP contribution >= 0.6 is 11.6 Å². The molecule has 0 aliphatic heterocycles. The van der Waals surface area contributed by atoms with Crippen molar-refractivity contribution in [1.29, 1.82) is 0 Å². The molecule has 1 unspecified atom stereocenters. The molecule has 0 saturated heterocycles. The third-order valence-corrected chi connectivity index (χ3v) is 6.58. The van der Waals surface area contributed by atoms with Gasteiger partial charge in [0.2, 0.25) is 0 Å². The van der Waals surface area contributed by atoms with E-state index in [1.165, 1.54) is 19.8 Å². The molecule has 5 aromatic rings. The van der Waals surface area contributed by atoms with Gasteiger partial charge in [-0.25, -0.2) is 19.7 Å². The van der Waals surface area contributed by atoms with Gasteiger partial charge in [0.1, 0.15) is 17.6 Å². The molecule has 0 aliphatic carbocycles. The fourth-order valence-corrected chi connectivity index (χ4v) is 4.72. The third-order valence-electron chi connectivity index (χ3n) is 6.31. The molecule has 0 fully saturated rings. The predicted molar refractivity (Wildman–Crippen MR) is 140 cm³/mol. The highest BCUT2D eigenvalue weighted by molar-refractivity contribution is 6.33. The molecule has 0 amide bonds. The van der Waals surface area contributed by atoms with Gasteiger partial charge in [0.15, 0.2) is 17.0 Å². The van der Waals surface area contributed by atoms with E-state index in [4.69, 9.17) is 21.1 Å². The van der Waals surface area contributed by atoms with Crippen LogP contribution < -0.4 is 10.1 Å². The van der Waals surface area contributed by atoms with Crippen LogP contribution in [0.5, 0.6) is 5.75 Å². The maximum atomic E-state index is 13.4. The van der Waals surface area contributed by atoms with Gasteiger partial charge >= 0.3 is 5.97 Å². The van der Waals surface area contributed by atoms with E-state index in [0.717, 1.165) is 22.4 Å². The second kappa shape index (κ2) is 10.4. The fourth-order valence-electron chi connectivity index (χ4n) is 4.54.